The van der Waals surface area contributed by atoms with E-state index in [4.69, 9.17) is 0 Å². The molecule has 0 aliphatic rings. The third-order valence-corrected chi connectivity index (χ3v) is 2.37. The lowest BCUT2D eigenvalue weighted by Gasteiger charge is -2.08. The molecular weight excluding hydrogens is 228 g/mol. The number of carbonyl (C=O) groups excluding carboxylic acids is 1. The molecule has 1 aromatic heterocycles. The highest BCUT2D eigenvalue weighted by Crippen LogP contribution is 2.11. The van der Waals surface area contributed by atoms with E-state index in [1.54, 1.807) is 6.20 Å². The van der Waals surface area contributed by atoms with Crippen molar-refractivity contribution in [3.05, 3.63) is 18.3 Å². The summed E-state index contributed by atoms with van der Waals surface area (Å²) in [5.74, 6) is 0.934. The number of anilines is 2. The second kappa shape index (κ2) is 8.33. The topological polar surface area (TPSA) is 66.0 Å². The average molecular weight is 250 g/mol. The molecule has 0 bridgehead atoms. The molecule has 0 unspecified atom stereocenters. The van der Waals surface area contributed by atoms with E-state index < -0.39 is 0 Å². The predicted octanol–water partition coefficient (Wildman–Crippen LogP) is 1.84. The maximum Gasteiger partial charge on any atom is 0.221 e. The first-order valence-corrected chi connectivity index (χ1v) is 6.46. The number of aromatic nitrogens is 1. The maximum absolute atomic E-state index is 11.4. The van der Waals surface area contributed by atoms with Crippen LogP contribution in [-0.2, 0) is 4.79 Å². The molecule has 0 fully saturated rings. The number of hydrogen-bond donors (Lipinski definition) is 3. The summed E-state index contributed by atoms with van der Waals surface area (Å²) in [6.07, 6.45) is 3.20. The van der Waals surface area contributed by atoms with E-state index in [9.17, 15) is 4.79 Å². The lowest BCUT2D eigenvalue weighted by molar-refractivity contribution is -0.120. The van der Waals surface area contributed by atoms with Crippen LogP contribution in [0.2, 0.25) is 0 Å². The fourth-order valence-corrected chi connectivity index (χ4v) is 1.49. The minimum atomic E-state index is 0.0883. The Balaban J connectivity index is 2.30. The Labute approximate surface area is 108 Å². The highest BCUT2D eigenvalue weighted by Gasteiger charge is 2.00. The molecule has 5 heteroatoms. The molecule has 1 amide bonds. The largest absolute Gasteiger partial charge is 0.384 e. The molecule has 1 aromatic rings. The van der Waals surface area contributed by atoms with E-state index in [0.29, 0.717) is 13.0 Å². The third-order valence-electron chi connectivity index (χ3n) is 2.37. The zero-order valence-electron chi connectivity index (χ0n) is 11.1. The van der Waals surface area contributed by atoms with Crippen molar-refractivity contribution in [2.75, 3.05) is 30.3 Å². The number of pyridine rings is 1. The van der Waals surface area contributed by atoms with Crippen molar-refractivity contribution in [3.8, 4) is 0 Å². The van der Waals surface area contributed by atoms with Gasteiger partial charge in [0.15, 0.2) is 0 Å². The standard InChI is InChI=1S/C13H22N4O/c1-3-7-17-13(18)6-9-15-11-5-8-16-12(10-11)14-4-2/h5,8,10H,3-4,6-7,9H2,1-2H3,(H,17,18)(H2,14,15,16). The van der Waals surface area contributed by atoms with Crippen molar-refractivity contribution in [1.82, 2.24) is 10.3 Å². The fourth-order valence-electron chi connectivity index (χ4n) is 1.49. The van der Waals surface area contributed by atoms with Crippen molar-refractivity contribution in [2.45, 2.75) is 26.7 Å². The second-order valence-corrected chi connectivity index (χ2v) is 3.99. The third kappa shape index (κ3) is 5.52. The van der Waals surface area contributed by atoms with Crippen molar-refractivity contribution < 1.29 is 4.79 Å². The Kier molecular flexibility index (Phi) is 6.61. The summed E-state index contributed by atoms with van der Waals surface area (Å²) in [7, 11) is 0. The van der Waals surface area contributed by atoms with Gasteiger partial charge in [-0.15, -0.1) is 0 Å². The van der Waals surface area contributed by atoms with Crippen molar-refractivity contribution in [3.63, 3.8) is 0 Å². The summed E-state index contributed by atoms with van der Waals surface area (Å²) in [4.78, 5) is 15.6. The van der Waals surface area contributed by atoms with Gasteiger partial charge in [-0.1, -0.05) is 6.92 Å². The SMILES string of the molecule is CCCNC(=O)CCNc1ccnc(NCC)c1. The zero-order valence-corrected chi connectivity index (χ0v) is 11.1. The molecule has 0 radical (unpaired) electrons. The first kappa shape index (κ1) is 14.3. The minimum absolute atomic E-state index is 0.0883. The zero-order chi connectivity index (χ0) is 13.2. The molecular formula is C13H22N4O. The summed E-state index contributed by atoms with van der Waals surface area (Å²) in [5.41, 5.74) is 0.976. The second-order valence-electron chi connectivity index (χ2n) is 3.99. The van der Waals surface area contributed by atoms with Gasteiger partial charge < -0.3 is 16.0 Å². The Morgan fingerprint density at radius 2 is 2.11 bits per heavy atom. The van der Waals surface area contributed by atoms with Gasteiger partial charge in [0.1, 0.15) is 5.82 Å². The number of nitrogens with zero attached hydrogens (tertiary/aromatic N) is 1. The molecule has 1 rings (SSSR count). The van der Waals surface area contributed by atoms with Crippen molar-refractivity contribution in [1.29, 1.82) is 0 Å². The number of carbonyl (C=O) groups is 1. The normalized spacial score (nSPS) is 9.89. The fraction of sp³-hybridized carbons (Fsp3) is 0.538. The van der Waals surface area contributed by atoms with Crippen LogP contribution in [0.3, 0.4) is 0 Å². The molecule has 0 aliphatic carbocycles. The first-order chi connectivity index (χ1) is 8.76. The molecule has 0 saturated heterocycles. The van der Waals surface area contributed by atoms with Gasteiger partial charge in [0.2, 0.25) is 5.91 Å². The van der Waals surface area contributed by atoms with Crippen LogP contribution in [0.15, 0.2) is 18.3 Å². The van der Waals surface area contributed by atoms with Crippen molar-refractivity contribution in [2.24, 2.45) is 0 Å². The van der Waals surface area contributed by atoms with Crippen LogP contribution in [0, 0.1) is 0 Å². The molecule has 0 aromatic carbocycles. The Hall–Kier alpha value is -1.78. The summed E-state index contributed by atoms with van der Waals surface area (Å²) in [6.45, 7) is 6.29. The van der Waals surface area contributed by atoms with Crippen LogP contribution >= 0.6 is 0 Å². The molecule has 0 spiro atoms. The lowest BCUT2D eigenvalue weighted by Crippen LogP contribution is -2.25. The Morgan fingerprint density at radius 3 is 2.83 bits per heavy atom. The number of rotatable bonds is 8. The van der Waals surface area contributed by atoms with E-state index in [1.807, 2.05) is 26.0 Å². The molecule has 5 nitrogen and oxygen atoms in total. The number of amides is 1. The minimum Gasteiger partial charge on any atom is -0.384 e. The van der Waals surface area contributed by atoms with Crippen molar-refractivity contribution >= 4 is 17.4 Å². The predicted molar refractivity (Wildman–Crippen MR) is 74.8 cm³/mol. The van der Waals surface area contributed by atoms with Gasteiger partial charge >= 0.3 is 0 Å². The molecule has 100 valence electrons. The van der Waals surface area contributed by atoms with Crippen LogP contribution in [-0.4, -0.2) is 30.5 Å². The van der Waals surface area contributed by atoms with Gasteiger partial charge in [0.25, 0.3) is 0 Å². The van der Waals surface area contributed by atoms with Gasteiger partial charge in [-0.25, -0.2) is 4.98 Å². The summed E-state index contributed by atoms with van der Waals surface area (Å²) in [5, 5.41) is 9.20. The first-order valence-electron chi connectivity index (χ1n) is 6.46. The van der Waals surface area contributed by atoms with E-state index in [1.165, 1.54) is 0 Å². The van der Waals surface area contributed by atoms with Crippen LogP contribution in [0.1, 0.15) is 26.7 Å². The maximum atomic E-state index is 11.4. The van der Waals surface area contributed by atoms with E-state index in [-0.39, 0.29) is 5.91 Å². The monoisotopic (exact) mass is 250 g/mol. The van der Waals surface area contributed by atoms with Gasteiger partial charge in [0.05, 0.1) is 0 Å². The molecule has 18 heavy (non-hydrogen) atoms. The highest BCUT2D eigenvalue weighted by molar-refractivity contribution is 5.76. The molecule has 0 saturated carbocycles. The molecule has 3 N–H and O–H groups in total. The van der Waals surface area contributed by atoms with Gasteiger partial charge in [-0.05, 0) is 19.4 Å². The quantitative estimate of drug-likeness (QED) is 0.658. The molecule has 1 heterocycles. The van der Waals surface area contributed by atoms with E-state index in [2.05, 4.69) is 20.9 Å². The van der Waals surface area contributed by atoms with Gasteiger partial charge in [-0.3, -0.25) is 4.79 Å². The summed E-state index contributed by atoms with van der Waals surface area (Å²) < 4.78 is 0. The number of hydrogen-bond acceptors (Lipinski definition) is 4. The van der Waals surface area contributed by atoms with Crippen LogP contribution in [0.5, 0.6) is 0 Å². The average Bonchev–Trinajstić information content (AvgIpc) is 2.37. The lowest BCUT2D eigenvalue weighted by atomic mass is 10.3. The van der Waals surface area contributed by atoms with E-state index >= 15 is 0 Å². The Bertz CT molecular complexity index is 368. The van der Waals surface area contributed by atoms with Crippen LogP contribution in [0.25, 0.3) is 0 Å². The van der Waals surface area contributed by atoms with E-state index in [0.717, 1.165) is 31.0 Å². The summed E-state index contributed by atoms with van der Waals surface area (Å²) in [6, 6.07) is 3.83. The summed E-state index contributed by atoms with van der Waals surface area (Å²) >= 11 is 0. The molecule has 0 aliphatic heterocycles. The Morgan fingerprint density at radius 1 is 1.28 bits per heavy atom. The molecule has 0 atom stereocenters. The highest BCUT2D eigenvalue weighted by atomic mass is 16.1. The smallest absolute Gasteiger partial charge is 0.221 e. The van der Waals surface area contributed by atoms with Gasteiger partial charge in [-0.2, -0.15) is 0 Å². The van der Waals surface area contributed by atoms with Crippen LogP contribution < -0.4 is 16.0 Å². The number of nitrogens with one attached hydrogen (secondary N) is 3. The van der Waals surface area contributed by atoms with Gasteiger partial charge in [0, 0.05) is 44.0 Å². The van der Waals surface area contributed by atoms with Crippen LogP contribution in [0.4, 0.5) is 11.5 Å².